The van der Waals surface area contributed by atoms with E-state index >= 15 is 0 Å². The van der Waals surface area contributed by atoms with Crippen LogP contribution in [0.2, 0.25) is 0 Å². The monoisotopic (exact) mass is 670 g/mol. The molecule has 40 heavy (non-hydrogen) atoms. The standard InChI is InChI=1S/C27H20Br2N4O7/c1-14-3-4-15(2)22(9-14)30-23(34)13-40-24-16(10-17(28)12-21(24)29)11-20-25(35)31-27(37)32(26(20)36)18-5-7-19(8-6-18)33(38)39/h3-12H,13H2,1-2H3,(H,30,34)(H,31,35,37)/b20-11-. The first-order chi connectivity index (χ1) is 18.9. The lowest BCUT2D eigenvalue weighted by Crippen LogP contribution is -2.54. The predicted octanol–water partition coefficient (Wildman–Crippen LogP) is 5.42. The molecule has 4 rings (SSSR count). The first-order valence-corrected chi connectivity index (χ1v) is 13.2. The molecule has 0 bridgehead atoms. The Labute approximate surface area is 244 Å². The van der Waals surface area contributed by atoms with Crippen LogP contribution in [0.1, 0.15) is 16.7 Å². The van der Waals surface area contributed by atoms with Gasteiger partial charge < -0.3 is 10.1 Å². The second-order valence-corrected chi connectivity index (χ2v) is 10.5. The maximum Gasteiger partial charge on any atom is 0.335 e. The second-order valence-electron chi connectivity index (χ2n) is 8.69. The Bertz CT molecular complexity index is 1600. The smallest absolute Gasteiger partial charge is 0.335 e. The first kappa shape index (κ1) is 28.6. The van der Waals surface area contributed by atoms with Crippen LogP contribution >= 0.6 is 31.9 Å². The average molecular weight is 672 g/mol. The van der Waals surface area contributed by atoms with Crippen LogP contribution in [0.5, 0.6) is 5.75 Å². The highest BCUT2D eigenvalue weighted by molar-refractivity contribution is 9.11. The minimum Gasteiger partial charge on any atom is -0.482 e. The number of nitrogens with one attached hydrogen (secondary N) is 2. The fourth-order valence-corrected chi connectivity index (χ4v) is 5.18. The number of halogens is 2. The number of aryl methyl sites for hydroxylation is 2. The minimum atomic E-state index is -1.00. The van der Waals surface area contributed by atoms with Crippen LogP contribution in [0.3, 0.4) is 0 Å². The fourth-order valence-electron chi connectivity index (χ4n) is 3.81. The van der Waals surface area contributed by atoms with Crippen LogP contribution in [-0.2, 0) is 14.4 Å². The summed E-state index contributed by atoms with van der Waals surface area (Å²) in [5.74, 6) is -2.14. The van der Waals surface area contributed by atoms with E-state index in [1.165, 1.54) is 18.2 Å². The highest BCUT2D eigenvalue weighted by Crippen LogP contribution is 2.35. The summed E-state index contributed by atoms with van der Waals surface area (Å²) in [5, 5.41) is 15.9. The molecule has 0 radical (unpaired) electrons. The molecule has 0 aliphatic carbocycles. The van der Waals surface area contributed by atoms with Gasteiger partial charge in [0, 0.05) is 27.9 Å². The van der Waals surface area contributed by atoms with E-state index in [1.807, 2.05) is 32.0 Å². The molecule has 3 aromatic carbocycles. The first-order valence-electron chi connectivity index (χ1n) is 11.6. The van der Waals surface area contributed by atoms with Gasteiger partial charge in [0.25, 0.3) is 23.4 Å². The molecular weight excluding hydrogens is 652 g/mol. The molecule has 0 atom stereocenters. The molecule has 5 amide bonds. The summed E-state index contributed by atoms with van der Waals surface area (Å²) in [5.41, 5.74) is 2.16. The summed E-state index contributed by atoms with van der Waals surface area (Å²) in [6, 6.07) is 12.6. The number of nitrogens with zero attached hydrogens (tertiary/aromatic N) is 2. The molecule has 204 valence electrons. The van der Waals surface area contributed by atoms with Crippen LogP contribution in [0.15, 0.2) is 69.1 Å². The van der Waals surface area contributed by atoms with Gasteiger partial charge in [-0.25, -0.2) is 9.69 Å². The zero-order chi connectivity index (χ0) is 29.1. The SMILES string of the molecule is Cc1ccc(C)c(NC(=O)COc2c(Br)cc(Br)cc2/C=C2/C(=O)NC(=O)N(c3ccc([N+](=O)[O-])cc3)C2=O)c1. The molecule has 0 saturated carbocycles. The summed E-state index contributed by atoms with van der Waals surface area (Å²) in [4.78, 5) is 62.2. The summed E-state index contributed by atoms with van der Waals surface area (Å²) in [6.45, 7) is 3.39. The Morgan fingerprint density at radius 1 is 1.07 bits per heavy atom. The molecule has 1 fully saturated rings. The molecule has 3 aromatic rings. The van der Waals surface area contributed by atoms with Gasteiger partial charge in [-0.3, -0.25) is 29.8 Å². The third kappa shape index (κ3) is 6.26. The molecule has 11 nitrogen and oxygen atoms in total. The number of carbonyl (C=O) groups excluding carboxylic acids is 4. The molecule has 13 heteroatoms. The van der Waals surface area contributed by atoms with Crippen LogP contribution in [0.25, 0.3) is 6.08 Å². The normalized spacial score (nSPS) is 14.2. The Morgan fingerprint density at radius 3 is 2.45 bits per heavy atom. The van der Waals surface area contributed by atoms with Gasteiger partial charge in [0.1, 0.15) is 11.3 Å². The van der Waals surface area contributed by atoms with E-state index in [9.17, 15) is 29.3 Å². The number of nitro groups is 1. The van der Waals surface area contributed by atoms with Gasteiger partial charge in [0.05, 0.1) is 15.1 Å². The Morgan fingerprint density at radius 2 is 1.77 bits per heavy atom. The van der Waals surface area contributed by atoms with Crippen molar-refractivity contribution in [2.45, 2.75) is 13.8 Å². The van der Waals surface area contributed by atoms with Crippen molar-refractivity contribution in [1.29, 1.82) is 0 Å². The molecule has 1 aliphatic heterocycles. The fraction of sp³-hybridized carbons (Fsp3) is 0.111. The number of imide groups is 2. The van der Waals surface area contributed by atoms with E-state index < -0.39 is 34.2 Å². The number of hydrogen-bond acceptors (Lipinski definition) is 7. The van der Waals surface area contributed by atoms with Crippen molar-refractivity contribution in [3.05, 3.63) is 95.9 Å². The largest absolute Gasteiger partial charge is 0.482 e. The number of ether oxygens (including phenoxy) is 1. The summed E-state index contributed by atoms with van der Waals surface area (Å²) >= 11 is 6.75. The van der Waals surface area contributed by atoms with Gasteiger partial charge in [-0.1, -0.05) is 28.1 Å². The highest BCUT2D eigenvalue weighted by Gasteiger charge is 2.37. The van der Waals surface area contributed by atoms with E-state index in [0.717, 1.165) is 23.3 Å². The lowest BCUT2D eigenvalue weighted by atomic mass is 10.1. The van der Waals surface area contributed by atoms with Gasteiger partial charge in [-0.2, -0.15) is 0 Å². The zero-order valence-corrected chi connectivity index (χ0v) is 24.2. The Hall–Kier alpha value is -4.36. The predicted molar refractivity (Wildman–Crippen MR) is 154 cm³/mol. The number of amides is 5. The Kier molecular flexibility index (Phi) is 8.45. The molecule has 1 aliphatic rings. The summed E-state index contributed by atoms with van der Waals surface area (Å²) < 4.78 is 6.80. The number of anilines is 2. The van der Waals surface area contributed by atoms with Gasteiger partial charge in [-0.15, -0.1) is 0 Å². The van der Waals surface area contributed by atoms with E-state index in [4.69, 9.17) is 4.74 Å². The number of urea groups is 1. The van der Waals surface area contributed by atoms with E-state index in [0.29, 0.717) is 19.5 Å². The average Bonchev–Trinajstić information content (AvgIpc) is 2.88. The van der Waals surface area contributed by atoms with Crippen molar-refractivity contribution in [3.8, 4) is 5.75 Å². The van der Waals surface area contributed by atoms with Crippen molar-refractivity contribution in [1.82, 2.24) is 5.32 Å². The van der Waals surface area contributed by atoms with Gasteiger partial charge in [-0.05, 0) is 77.3 Å². The van der Waals surface area contributed by atoms with Gasteiger partial charge >= 0.3 is 6.03 Å². The van der Waals surface area contributed by atoms with Crippen molar-refractivity contribution < 1.29 is 28.8 Å². The van der Waals surface area contributed by atoms with Crippen molar-refractivity contribution in [2.75, 3.05) is 16.8 Å². The number of rotatable bonds is 7. The number of benzene rings is 3. The zero-order valence-electron chi connectivity index (χ0n) is 21.0. The van der Waals surface area contributed by atoms with Crippen LogP contribution in [0.4, 0.5) is 21.9 Å². The van der Waals surface area contributed by atoms with Gasteiger partial charge in [0.15, 0.2) is 6.61 Å². The second kappa shape index (κ2) is 11.8. The lowest BCUT2D eigenvalue weighted by Gasteiger charge is -2.26. The molecule has 0 unspecified atom stereocenters. The maximum absolute atomic E-state index is 13.3. The third-order valence-corrected chi connectivity index (χ3v) is 6.82. The van der Waals surface area contributed by atoms with Crippen LogP contribution in [0, 0.1) is 24.0 Å². The minimum absolute atomic E-state index is 0.0292. The van der Waals surface area contributed by atoms with E-state index in [1.54, 1.807) is 12.1 Å². The number of nitro benzene ring substituents is 1. The number of carbonyl (C=O) groups is 4. The van der Waals surface area contributed by atoms with Crippen molar-refractivity contribution in [3.63, 3.8) is 0 Å². The number of non-ortho nitro benzene ring substituents is 1. The highest BCUT2D eigenvalue weighted by atomic mass is 79.9. The van der Waals surface area contributed by atoms with E-state index in [-0.39, 0.29) is 29.3 Å². The number of hydrogen-bond donors (Lipinski definition) is 2. The van der Waals surface area contributed by atoms with E-state index in [2.05, 4.69) is 42.5 Å². The maximum atomic E-state index is 13.3. The van der Waals surface area contributed by atoms with Crippen molar-refractivity contribution in [2.24, 2.45) is 0 Å². The summed E-state index contributed by atoms with van der Waals surface area (Å²) in [7, 11) is 0. The lowest BCUT2D eigenvalue weighted by molar-refractivity contribution is -0.384. The molecular formula is C27H20Br2N4O7. The van der Waals surface area contributed by atoms with Crippen molar-refractivity contribution >= 4 is 78.8 Å². The molecule has 1 saturated heterocycles. The van der Waals surface area contributed by atoms with Crippen LogP contribution < -0.4 is 20.3 Å². The molecule has 0 aromatic heterocycles. The van der Waals surface area contributed by atoms with Gasteiger partial charge in [0.2, 0.25) is 0 Å². The quantitative estimate of drug-likeness (QED) is 0.147. The molecule has 2 N–H and O–H groups in total. The molecule has 0 spiro atoms. The summed E-state index contributed by atoms with van der Waals surface area (Å²) in [6.07, 6.45) is 1.23. The molecule has 1 heterocycles. The Balaban J connectivity index is 1.62. The third-order valence-electron chi connectivity index (χ3n) is 5.77. The van der Waals surface area contributed by atoms with Crippen LogP contribution in [-0.4, -0.2) is 35.3 Å². The number of barbiturate groups is 1. The topological polar surface area (TPSA) is 148 Å².